The summed E-state index contributed by atoms with van der Waals surface area (Å²) >= 11 is 0. The highest BCUT2D eigenvalue weighted by molar-refractivity contribution is 5.76. The van der Waals surface area contributed by atoms with Gasteiger partial charge in [0, 0.05) is 6.42 Å². The fraction of sp³-hybridized carbons (Fsp3) is 0.929. The van der Waals surface area contributed by atoms with Gasteiger partial charge in [0.15, 0.2) is 6.29 Å². The average molecular weight is 728 g/mol. The molecule has 1 fully saturated rings. The summed E-state index contributed by atoms with van der Waals surface area (Å²) in [5.74, 6) is -0.176. The zero-order valence-electron chi connectivity index (χ0n) is 32.9. The third kappa shape index (κ3) is 24.8. The molecular weight excluding hydrogens is 646 g/mol. The number of ether oxygens (including phenoxy) is 2. The van der Waals surface area contributed by atoms with E-state index in [0.29, 0.717) is 6.42 Å². The number of carbonyl (C=O) groups is 1. The maximum atomic E-state index is 12.9. The lowest BCUT2D eigenvalue weighted by atomic mass is 9.99. The van der Waals surface area contributed by atoms with Crippen LogP contribution in [0, 0.1) is 0 Å². The van der Waals surface area contributed by atoms with Crippen molar-refractivity contribution in [1.29, 1.82) is 0 Å². The second kappa shape index (κ2) is 33.5. The van der Waals surface area contributed by atoms with Crippen molar-refractivity contribution in [1.82, 2.24) is 5.32 Å². The van der Waals surface area contributed by atoms with Gasteiger partial charge in [-0.2, -0.15) is 0 Å². The molecule has 0 aliphatic carbocycles. The Bertz CT molecular complexity index is 812. The van der Waals surface area contributed by atoms with Gasteiger partial charge in [0.25, 0.3) is 0 Å². The van der Waals surface area contributed by atoms with Gasteiger partial charge in [-0.3, -0.25) is 4.79 Å². The van der Waals surface area contributed by atoms with E-state index in [1.807, 2.05) is 6.08 Å². The second-order valence-corrected chi connectivity index (χ2v) is 15.1. The van der Waals surface area contributed by atoms with E-state index in [0.717, 1.165) is 38.5 Å². The molecule has 9 heteroatoms. The average Bonchev–Trinajstić information content (AvgIpc) is 3.13. The molecule has 9 nitrogen and oxygen atoms in total. The van der Waals surface area contributed by atoms with Crippen LogP contribution in [0.3, 0.4) is 0 Å². The fourth-order valence-electron chi connectivity index (χ4n) is 6.86. The fourth-order valence-corrected chi connectivity index (χ4v) is 6.86. The molecule has 1 saturated heterocycles. The summed E-state index contributed by atoms with van der Waals surface area (Å²) in [6.07, 6.45) is 29.6. The molecule has 1 heterocycles. The summed E-state index contributed by atoms with van der Waals surface area (Å²) in [5, 5.41) is 54.0. The zero-order valence-corrected chi connectivity index (χ0v) is 32.9. The van der Waals surface area contributed by atoms with Crippen LogP contribution in [0.25, 0.3) is 0 Å². The standard InChI is InChI=1S/C42H81NO8/c1-3-5-7-9-11-13-15-17-18-20-22-24-26-28-30-32-38(46)43-35(34-50-42-41(49)40(48)39(47)37(33-44)51-42)36(45)31-29-27-25-23-21-19-16-14-12-10-8-6-4-2/h29,31,35-37,39-42,44-45,47-49H,3-28,30,32-34H2,1-2H3,(H,43,46)/b31-29+/t35-,36+,37-,39+,40+,41-,42+/m1/s1. The maximum absolute atomic E-state index is 12.9. The highest BCUT2D eigenvalue weighted by Crippen LogP contribution is 2.22. The van der Waals surface area contributed by atoms with Crippen LogP contribution in [0.1, 0.15) is 194 Å². The minimum absolute atomic E-state index is 0.176. The molecule has 302 valence electrons. The van der Waals surface area contributed by atoms with Gasteiger partial charge < -0.3 is 40.3 Å². The smallest absolute Gasteiger partial charge is 0.220 e. The van der Waals surface area contributed by atoms with E-state index in [4.69, 9.17) is 9.47 Å². The molecule has 0 spiro atoms. The highest BCUT2D eigenvalue weighted by Gasteiger charge is 2.44. The van der Waals surface area contributed by atoms with Crippen molar-refractivity contribution < 1.29 is 39.8 Å². The number of hydrogen-bond acceptors (Lipinski definition) is 8. The molecule has 6 N–H and O–H groups in total. The van der Waals surface area contributed by atoms with Crippen molar-refractivity contribution >= 4 is 5.91 Å². The largest absolute Gasteiger partial charge is 0.394 e. The van der Waals surface area contributed by atoms with Crippen LogP contribution in [0.5, 0.6) is 0 Å². The molecule has 1 rings (SSSR count). The summed E-state index contributed by atoms with van der Waals surface area (Å²) < 4.78 is 11.2. The number of amides is 1. The zero-order chi connectivity index (χ0) is 37.4. The van der Waals surface area contributed by atoms with E-state index in [1.165, 1.54) is 135 Å². The first kappa shape index (κ1) is 48.0. The van der Waals surface area contributed by atoms with Crippen LogP contribution in [0.2, 0.25) is 0 Å². The van der Waals surface area contributed by atoms with Gasteiger partial charge >= 0.3 is 0 Å². The molecule has 0 bridgehead atoms. The molecule has 0 unspecified atom stereocenters. The van der Waals surface area contributed by atoms with E-state index < -0.39 is 49.5 Å². The molecule has 1 amide bonds. The van der Waals surface area contributed by atoms with Crippen molar-refractivity contribution in [3.63, 3.8) is 0 Å². The van der Waals surface area contributed by atoms with Crippen molar-refractivity contribution in [3.05, 3.63) is 12.2 Å². The Morgan fingerprint density at radius 3 is 1.53 bits per heavy atom. The van der Waals surface area contributed by atoms with Crippen LogP contribution < -0.4 is 5.32 Å². The van der Waals surface area contributed by atoms with Crippen LogP contribution >= 0.6 is 0 Å². The topological polar surface area (TPSA) is 149 Å². The molecule has 7 atom stereocenters. The van der Waals surface area contributed by atoms with Gasteiger partial charge in [-0.1, -0.05) is 180 Å². The SMILES string of the molecule is CCCCCCCCCCCCC/C=C/[C@H](O)[C@@H](CO[C@H]1O[C@H](CO)[C@H](O)[C@H](O)[C@H]1O)NC(=O)CCCCCCCCCCCCCCCCC. The van der Waals surface area contributed by atoms with Crippen LogP contribution in [-0.2, 0) is 14.3 Å². The Morgan fingerprint density at radius 2 is 1.08 bits per heavy atom. The molecule has 0 aromatic carbocycles. The Balaban J connectivity index is 2.39. The summed E-state index contributed by atoms with van der Waals surface area (Å²) in [5.41, 5.74) is 0. The Hall–Kier alpha value is -1.07. The van der Waals surface area contributed by atoms with Gasteiger partial charge in [0.2, 0.25) is 5.91 Å². The molecule has 1 aliphatic heterocycles. The Morgan fingerprint density at radius 1 is 0.647 bits per heavy atom. The van der Waals surface area contributed by atoms with E-state index in [-0.39, 0.29) is 12.5 Å². The number of hydrogen-bond donors (Lipinski definition) is 6. The first-order valence-corrected chi connectivity index (χ1v) is 21.4. The minimum atomic E-state index is -1.56. The minimum Gasteiger partial charge on any atom is -0.394 e. The van der Waals surface area contributed by atoms with Gasteiger partial charge in [-0.25, -0.2) is 0 Å². The van der Waals surface area contributed by atoms with Gasteiger partial charge in [0.1, 0.15) is 24.4 Å². The maximum Gasteiger partial charge on any atom is 0.220 e. The number of unbranched alkanes of at least 4 members (excludes halogenated alkanes) is 25. The predicted octanol–water partition coefficient (Wildman–Crippen LogP) is 8.17. The lowest BCUT2D eigenvalue weighted by Crippen LogP contribution is -2.60. The third-order valence-electron chi connectivity index (χ3n) is 10.4. The number of carbonyl (C=O) groups excluding carboxylic acids is 1. The first-order chi connectivity index (χ1) is 24.8. The van der Waals surface area contributed by atoms with Gasteiger partial charge in [-0.15, -0.1) is 0 Å². The molecule has 0 saturated carbocycles. The summed E-state index contributed by atoms with van der Waals surface area (Å²) in [6.45, 7) is 3.76. The van der Waals surface area contributed by atoms with Crippen LogP contribution in [0.4, 0.5) is 0 Å². The summed E-state index contributed by atoms with van der Waals surface area (Å²) in [7, 11) is 0. The summed E-state index contributed by atoms with van der Waals surface area (Å²) in [6, 6.07) is -0.796. The van der Waals surface area contributed by atoms with E-state index >= 15 is 0 Å². The molecule has 0 aromatic heterocycles. The Labute approximate surface area is 312 Å². The van der Waals surface area contributed by atoms with Crippen molar-refractivity contribution in [3.8, 4) is 0 Å². The quantitative estimate of drug-likeness (QED) is 0.0283. The van der Waals surface area contributed by atoms with Gasteiger partial charge in [-0.05, 0) is 19.3 Å². The Kier molecular flexibility index (Phi) is 31.5. The predicted molar refractivity (Wildman–Crippen MR) is 207 cm³/mol. The normalized spacial score (nSPS) is 22.1. The number of aliphatic hydroxyl groups is 5. The van der Waals surface area contributed by atoms with Crippen molar-refractivity contribution in [2.75, 3.05) is 13.2 Å². The first-order valence-electron chi connectivity index (χ1n) is 21.4. The highest BCUT2D eigenvalue weighted by atomic mass is 16.7. The van der Waals surface area contributed by atoms with E-state index in [1.54, 1.807) is 6.08 Å². The number of nitrogens with one attached hydrogen (secondary N) is 1. The van der Waals surface area contributed by atoms with Gasteiger partial charge in [0.05, 0.1) is 25.4 Å². The summed E-state index contributed by atoms with van der Waals surface area (Å²) in [4.78, 5) is 12.9. The van der Waals surface area contributed by atoms with Crippen molar-refractivity contribution in [2.45, 2.75) is 236 Å². The van der Waals surface area contributed by atoms with Crippen LogP contribution in [0.15, 0.2) is 12.2 Å². The second-order valence-electron chi connectivity index (χ2n) is 15.1. The van der Waals surface area contributed by atoms with Crippen LogP contribution in [-0.4, -0.2) is 87.5 Å². The molecular formula is C42H81NO8. The monoisotopic (exact) mass is 728 g/mol. The lowest BCUT2D eigenvalue weighted by molar-refractivity contribution is -0.302. The van der Waals surface area contributed by atoms with E-state index in [2.05, 4.69) is 19.2 Å². The molecule has 51 heavy (non-hydrogen) atoms. The molecule has 0 aromatic rings. The van der Waals surface area contributed by atoms with E-state index in [9.17, 15) is 30.3 Å². The molecule has 1 aliphatic rings. The molecule has 0 radical (unpaired) electrons. The number of rotatable bonds is 35. The van der Waals surface area contributed by atoms with Crippen molar-refractivity contribution in [2.24, 2.45) is 0 Å². The number of allylic oxidation sites excluding steroid dienone is 1. The third-order valence-corrected chi connectivity index (χ3v) is 10.4. The number of aliphatic hydroxyl groups excluding tert-OH is 5. The lowest BCUT2D eigenvalue weighted by Gasteiger charge is -2.40.